The van der Waals surface area contributed by atoms with Crippen molar-refractivity contribution in [1.82, 2.24) is 4.90 Å². The molecule has 3 rings (SSSR count). The van der Waals surface area contributed by atoms with Crippen LogP contribution in [-0.4, -0.2) is 35.0 Å². The normalized spacial score (nSPS) is 26.2. The van der Waals surface area contributed by atoms with Gasteiger partial charge < -0.3 is 10.2 Å². The summed E-state index contributed by atoms with van der Waals surface area (Å²) < 4.78 is 13.9. The molecule has 108 valence electrons. The maximum atomic E-state index is 13.9. The van der Waals surface area contributed by atoms with Crippen molar-refractivity contribution < 1.29 is 9.31 Å². The lowest BCUT2D eigenvalue weighted by Crippen LogP contribution is -2.42. The Morgan fingerprint density at radius 1 is 1.35 bits per heavy atom. The van der Waals surface area contributed by atoms with Gasteiger partial charge in [0.25, 0.3) is 5.69 Å². The van der Waals surface area contributed by atoms with E-state index in [4.69, 9.17) is 0 Å². The molecule has 0 spiro atoms. The Morgan fingerprint density at radius 3 is 3.00 bits per heavy atom. The molecule has 0 radical (unpaired) electrons. The summed E-state index contributed by atoms with van der Waals surface area (Å²) >= 11 is 0. The van der Waals surface area contributed by atoms with E-state index in [1.165, 1.54) is 31.0 Å². The van der Waals surface area contributed by atoms with Crippen molar-refractivity contribution in [2.75, 3.05) is 18.4 Å². The molecular weight excluding hydrogens is 261 g/mol. The summed E-state index contributed by atoms with van der Waals surface area (Å²) in [6, 6.07) is 4.64. The van der Waals surface area contributed by atoms with Gasteiger partial charge in [0, 0.05) is 24.7 Å². The predicted molar refractivity (Wildman–Crippen MR) is 74.3 cm³/mol. The van der Waals surface area contributed by atoms with Crippen molar-refractivity contribution in [3.05, 3.63) is 34.1 Å². The molecule has 1 N–H and O–H groups in total. The quantitative estimate of drug-likeness (QED) is 0.682. The third kappa shape index (κ3) is 2.47. The Labute approximate surface area is 116 Å². The minimum absolute atomic E-state index is 0.0361. The number of benzene rings is 1. The van der Waals surface area contributed by atoms with E-state index in [0.29, 0.717) is 6.04 Å². The fourth-order valence-electron chi connectivity index (χ4n) is 3.37. The molecule has 6 heteroatoms. The number of nitrogens with one attached hydrogen (secondary N) is 1. The lowest BCUT2D eigenvalue weighted by Gasteiger charge is -2.35. The molecule has 0 aromatic heterocycles. The van der Waals surface area contributed by atoms with Gasteiger partial charge >= 0.3 is 0 Å². The molecular formula is C14H18FN3O2. The summed E-state index contributed by atoms with van der Waals surface area (Å²) in [6.45, 7) is 2.14. The van der Waals surface area contributed by atoms with E-state index in [0.717, 1.165) is 25.9 Å². The molecule has 0 bridgehead atoms. The first-order chi connectivity index (χ1) is 9.65. The van der Waals surface area contributed by atoms with Gasteiger partial charge in [0.2, 0.25) is 0 Å². The summed E-state index contributed by atoms with van der Waals surface area (Å²) in [4.78, 5) is 12.9. The van der Waals surface area contributed by atoms with E-state index in [1.807, 2.05) is 0 Å². The van der Waals surface area contributed by atoms with Crippen LogP contribution in [0.1, 0.15) is 25.7 Å². The van der Waals surface area contributed by atoms with Crippen LogP contribution < -0.4 is 5.32 Å². The van der Waals surface area contributed by atoms with Gasteiger partial charge in [0.05, 0.1) is 4.92 Å². The van der Waals surface area contributed by atoms with E-state index in [2.05, 4.69) is 10.2 Å². The summed E-state index contributed by atoms with van der Waals surface area (Å²) in [6.07, 6.45) is 4.24. The van der Waals surface area contributed by atoms with Crippen molar-refractivity contribution in [1.29, 1.82) is 0 Å². The van der Waals surface area contributed by atoms with Crippen LogP contribution in [0.4, 0.5) is 15.8 Å². The summed E-state index contributed by atoms with van der Waals surface area (Å²) in [5.74, 6) is -0.548. The van der Waals surface area contributed by atoms with E-state index >= 15 is 0 Å². The molecule has 5 nitrogen and oxygen atoms in total. The van der Waals surface area contributed by atoms with Gasteiger partial charge in [0.15, 0.2) is 5.82 Å². The Morgan fingerprint density at radius 2 is 2.20 bits per heavy atom. The Balaban J connectivity index is 1.76. The van der Waals surface area contributed by atoms with Crippen LogP contribution in [0.3, 0.4) is 0 Å². The minimum Gasteiger partial charge on any atom is -0.374 e. The van der Waals surface area contributed by atoms with Crippen molar-refractivity contribution in [3.8, 4) is 0 Å². The maximum absolute atomic E-state index is 13.9. The van der Waals surface area contributed by atoms with Gasteiger partial charge in [-0.15, -0.1) is 0 Å². The fraction of sp³-hybridized carbons (Fsp3) is 0.571. The molecule has 0 saturated carbocycles. The number of anilines is 1. The molecule has 0 aliphatic carbocycles. The van der Waals surface area contributed by atoms with Crippen LogP contribution in [0.25, 0.3) is 0 Å². The Kier molecular flexibility index (Phi) is 3.56. The molecule has 2 saturated heterocycles. The van der Waals surface area contributed by atoms with Gasteiger partial charge in [-0.3, -0.25) is 10.1 Å². The topological polar surface area (TPSA) is 58.4 Å². The number of piperidine rings is 1. The molecule has 2 aliphatic rings. The second-order valence-corrected chi connectivity index (χ2v) is 5.59. The molecule has 2 aliphatic heterocycles. The van der Waals surface area contributed by atoms with Crippen molar-refractivity contribution >= 4 is 11.4 Å². The lowest BCUT2D eigenvalue weighted by atomic mass is 9.97. The van der Waals surface area contributed by atoms with Crippen molar-refractivity contribution in [2.24, 2.45) is 0 Å². The number of para-hydroxylation sites is 1. The molecule has 0 amide bonds. The Bertz CT molecular complexity index is 523. The number of halogens is 1. The van der Waals surface area contributed by atoms with Crippen molar-refractivity contribution in [2.45, 2.75) is 37.8 Å². The van der Waals surface area contributed by atoms with E-state index in [9.17, 15) is 14.5 Å². The number of rotatable bonds is 3. The number of nitrogens with zero attached hydrogens (tertiary/aromatic N) is 2. The van der Waals surface area contributed by atoms with E-state index in [-0.39, 0.29) is 17.4 Å². The first-order valence-corrected chi connectivity index (χ1v) is 7.08. The minimum atomic E-state index is -0.548. The number of hydrogen-bond acceptors (Lipinski definition) is 4. The highest BCUT2D eigenvalue weighted by atomic mass is 19.1. The number of fused-ring (bicyclic) bond motifs is 1. The lowest BCUT2D eigenvalue weighted by molar-refractivity contribution is -0.384. The second-order valence-electron chi connectivity index (χ2n) is 5.59. The maximum Gasteiger partial charge on any atom is 0.295 e. The molecule has 2 atom stereocenters. The van der Waals surface area contributed by atoms with Gasteiger partial charge in [0.1, 0.15) is 5.69 Å². The number of nitro benzene ring substituents is 1. The highest BCUT2D eigenvalue weighted by Gasteiger charge is 2.32. The van der Waals surface area contributed by atoms with E-state index in [1.54, 1.807) is 0 Å². The smallest absolute Gasteiger partial charge is 0.295 e. The monoisotopic (exact) mass is 279 g/mol. The fourth-order valence-corrected chi connectivity index (χ4v) is 3.37. The average molecular weight is 279 g/mol. The third-order valence-corrected chi connectivity index (χ3v) is 4.36. The summed E-state index contributed by atoms with van der Waals surface area (Å²) in [5.41, 5.74) is -0.146. The van der Waals surface area contributed by atoms with Gasteiger partial charge in [-0.2, -0.15) is 0 Å². The van der Waals surface area contributed by atoms with Crippen LogP contribution in [0.15, 0.2) is 18.2 Å². The Hall–Kier alpha value is -1.69. The zero-order chi connectivity index (χ0) is 14.1. The van der Waals surface area contributed by atoms with E-state index < -0.39 is 10.7 Å². The zero-order valence-electron chi connectivity index (χ0n) is 11.2. The van der Waals surface area contributed by atoms with Gasteiger partial charge in [-0.05, 0) is 38.3 Å². The zero-order valence-corrected chi connectivity index (χ0v) is 11.2. The third-order valence-electron chi connectivity index (χ3n) is 4.36. The standard InChI is InChI=1S/C14H18FN3O2/c15-12-4-1-5-13(18(19)20)14(12)16-10-6-8-17-7-2-3-11(17)9-10/h1,4-5,10-11,16H,2-3,6-9H2. The average Bonchev–Trinajstić information content (AvgIpc) is 2.88. The van der Waals surface area contributed by atoms with Crippen LogP contribution >= 0.6 is 0 Å². The molecule has 2 unspecified atom stereocenters. The second kappa shape index (κ2) is 5.36. The first-order valence-electron chi connectivity index (χ1n) is 7.08. The predicted octanol–water partition coefficient (Wildman–Crippen LogP) is 2.77. The van der Waals surface area contributed by atoms with Gasteiger partial charge in [-0.25, -0.2) is 4.39 Å². The molecule has 1 aromatic rings. The number of hydrogen-bond donors (Lipinski definition) is 1. The highest BCUT2D eigenvalue weighted by molar-refractivity contribution is 5.62. The first kappa shape index (κ1) is 13.3. The van der Waals surface area contributed by atoms with Gasteiger partial charge in [-0.1, -0.05) is 6.07 Å². The van der Waals surface area contributed by atoms with Crippen LogP contribution in [0, 0.1) is 15.9 Å². The van der Waals surface area contributed by atoms with Crippen LogP contribution in [-0.2, 0) is 0 Å². The molecule has 2 fully saturated rings. The number of nitro groups is 1. The van der Waals surface area contributed by atoms with Crippen molar-refractivity contribution in [3.63, 3.8) is 0 Å². The molecule has 1 aromatic carbocycles. The summed E-state index contributed by atoms with van der Waals surface area (Å²) in [5, 5.41) is 14.1. The van der Waals surface area contributed by atoms with Crippen LogP contribution in [0.5, 0.6) is 0 Å². The molecule has 20 heavy (non-hydrogen) atoms. The van der Waals surface area contributed by atoms with Crippen LogP contribution in [0.2, 0.25) is 0 Å². The SMILES string of the molecule is O=[N+]([O-])c1cccc(F)c1NC1CCN2CCCC2C1. The molecule has 2 heterocycles. The summed E-state index contributed by atoms with van der Waals surface area (Å²) in [7, 11) is 0. The highest BCUT2D eigenvalue weighted by Crippen LogP contribution is 2.32. The largest absolute Gasteiger partial charge is 0.374 e.